The van der Waals surface area contributed by atoms with Crippen LogP contribution >= 0.6 is 7.60 Å². The second kappa shape index (κ2) is 5.93. The lowest BCUT2D eigenvalue weighted by Gasteiger charge is -2.17. The number of nitrogens with zero attached hydrogens (tertiary/aromatic N) is 4. The van der Waals surface area contributed by atoms with Crippen LogP contribution in [0.15, 0.2) is 23.0 Å². The molecule has 21 heavy (non-hydrogen) atoms. The van der Waals surface area contributed by atoms with Crippen molar-refractivity contribution in [3.05, 3.63) is 39.8 Å². The Hall–Kier alpha value is -1.76. The van der Waals surface area contributed by atoms with Crippen LogP contribution in [0.3, 0.4) is 0 Å². The van der Waals surface area contributed by atoms with Crippen LogP contribution in [0.2, 0.25) is 0 Å². The van der Waals surface area contributed by atoms with E-state index in [0.29, 0.717) is 11.3 Å². The fraction of sp³-hybridized carbons (Fsp3) is 0.417. The van der Waals surface area contributed by atoms with Crippen LogP contribution in [0.4, 0.5) is 0 Å². The van der Waals surface area contributed by atoms with Gasteiger partial charge in [0.15, 0.2) is 0 Å². The molecule has 0 bridgehead atoms. The fourth-order valence-corrected chi connectivity index (χ4v) is 3.16. The van der Waals surface area contributed by atoms with E-state index in [4.69, 9.17) is 9.05 Å². The van der Waals surface area contributed by atoms with Crippen LogP contribution in [-0.4, -0.2) is 34.0 Å². The largest absolute Gasteiger partial charge is 0.368 e. The molecule has 2 rings (SSSR count). The summed E-state index contributed by atoms with van der Waals surface area (Å²) < 4.78 is 24.6. The number of benzene rings is 1. The average molecular weight is 312 g/mol. The maximum absolute atomic E-state index is 12.4. The van der Waals surface area contributed by atoms with Crippen LogP contribution in [0, 0.1) is 6.92 Å². The second-order valence-electron chi connectivity index (χ2n) is 4.50. The van der Waals surface area contributed by atoms with Crippen molar-refractivity contribution < 1.29 is 13.6 Å². The summed E-state index contributed by atoms with van der Waals surface area (Å²) in [5.41, 5.74) is 1.67. The summed E-state index contributed by atoms with van der Waals surface area (Å²) in [6, 6.07) is 5.36. The molecule has 0 aliphatic heterocycles. The lowest BCUT2D eigenvalue weighted by Crippen LogP contribution is -2.23. The first-order valence-corrected chi connectivity index (χ1v) is 7.93. The molecule has 0 aliphatic rings. The Morgan fingerprint density at radius 2 is 1.90 bits per heavy atom. The van der Waals surface area contributed by atoms with Crippen molar-refractivity contribution in [1.82, 2.24) is 19.8 Å². The Kier molecular flexibility index (Phi) is 4.41. The van der Waals surface area contributed by atoms with Gasteiger partial charge in [-0.1, -0.05) is 12.1 Å². The Bertz CT molecular complexity index is 744. The number of aromatic nitrogens is 4. The molecule has 0 saturated carbocycles. The fourth-order valence-electron chi connectivity index (χ4n) is 1.95. The number of tetrazole rings is 1. The van der Waals surface area contributed by atoms with E-state index < -0.39 is 7.60 Å². The molecule has 1 aromatic carbocycles. The van der Waals surface area contributed by atoms with Crippen molar-refractivity contribution in [3.8, 4) is 5.69 Å². The maximum atomic E-state index is 12.4. The highest BCUT2D eigenvalue weighted by Gasteiger charge is 2.25. The molecule has 0 atom stereocenters. The van der Waals surface area contributed by atoms with Crippen molar-refractivity contribution in [2.75, 3.05) is 14.2 Å². The van der Waals surface area contributed by atoms with Crippen LogP contribution in [0.25, 0.3) is 5.69 Å². The first kappa shape index (κ1) is 15.6. The summed E-state index contributed by atoms with van der Waals surface area (Å²) in [5, 5.41) is 7.50. The molecule has 0 fully saturated rings. The van der Waals surface area contributed by atoms with Gasteiger partial charge in [0.25, 0.3) is 0 Å². The third-order valence-electron chi connectivity index (χ3n) is 3.24. The second-order valence-corrected chi connectivity index (χ2v) is 6.77. The highest BCUT2D eigenvalue weighted by atomic mass is 31.2. The highest BCUT2D eigenvalue weighted by molar-refractivity contribution is 7.52. The van der Waals surface area contributed by atoms with E-state index in [2.05, 4.69) is 10.4 Å². The molecule has 0 aliphatic carbocycles. The molecule has 9 heteroatoms. The number of hydrogen-bond acceptors (Lipinski definition) is 6. The molecule has 1 heterocycles. The highest BCUT2D eigenvalue weighted by Crippen LogP contribution is 2.50. The van der Waals surface area contributed by atoms with Crippen molar-refractivity contribution in [2.24, 2.45) is 7.05 Å². The van der Waals surface area contributed by atoms with E-state index in [0.717, 1.165) is 14.9 Å². The zero-order valence-corrected chi connectivity index (χ0v) is 13.2. The molecule has 0 radical (unpaired) electrons. The van der Waals surface area contributed by atoms with E-state index in [1.807, 2.05) is 13.0 Å². The zero-order valence-electron chi connectivity index (χ0n) is 12.3. The quantitative estimate of drug-likeness (QED) is 0.772. The third-order valence-corrected chi connectivity index (χ3v) is 5.06. The Labute approximate surface area is 121 Å². The van der Waals surface area contributed by atoms with Crippen molar-refractivity contribution in [1.29, 1.82) is 0 Å². The van der Waals surface area contributed by atoms with Gasteiger partial charge in [0.1, 0.15) is 0 Å². The first-order chi connectivity index (χ1) is 9.91. The van der Waals surface area contributed by atoms with Gasteiger partial charge >= 0.3 is 13.3 Å². The summed E-state index contributed by atoms with van der Waals surface area (Å²) in [7, 11) is 0.915. The van der Waals surface area contributed by atoms with Gasteiger partial charge in [0.2, 0.25) is 0 Å². The molecule has 0 amide bonds. The lowest BCUT2D eigenvalue weighted by atomic mass is 10.1. The number of rotatable bonds is 5. The van der Waals surface area contributed by atoms with Gasteiger partial charge < -0.3 is 9.05 Å². The summed E-state index contributed by atoms with van der Waals surface area (Å²) in [5.74, 6) is 0. The standard InChI is InChI=1S/C12H17N4O4P/c1-9-6-5-7-11(16-12(17)15(2)13-14-16)10(9)8-21(18,19-3)20-4/h5-7H,8H2,1-4H3. The maximum Gasteiger partial charge on any atom is 0.368 e. The minimum absolute atomic E-state index is 0.0466. The summed E-state index contributed by atoms with van der Waals surface area (Å²) >= 11 is 0. The SMILES string of the molecule is COP(=O)(Cc1c(C)cccc1-n1nnn(C)c1=O)OC. The van der Waals surface area contributed by atoms with E-state index >= 15 is 0 Å². The smallest absolute Gasteiger partial charge is 0.312 e. The summed E-state index contributed by atoms with van der Waals surface area (Å²) in [6.07, 6.45) is 0.0466. The predicted molar refractivity (Wildman–Crippen MR) is 76.7 cm³/mol. The van der Waals surface area contributed by atoms with Crippen LogP contribution in [-0.2, 0) is 26.8 Å². The van der Waals surface area contributed by atoms with Gasteiger partial charge in [0.05, 0.1) is 11.8 Å². The topological polar surface area (TPSA) is 88.2 Å². The van der Waals surface area contributed by atoms with Gasteiger partial charge in [0, 0.05) is 21.3 Å². The van der Waals surface area contributed by atoms with E-state index in [1.54, 1.807) is 12.1 Å². The van der Waals surface area contributed by atoms with Crippen molar-refractivity contribution >= 4 is 7.60 Å². The van der Waals surface area contributed by atoms with Gasteiger partial charge in [-0.2, -0.15) is 9.36 Å². The van der Waals surface area contributed by atoms with Crippen LogP contribution in [0.5, 0.6) is 0 Å². The minimum atomic E-state index is -3.26. The lowest BCUT2D eigenvalue weighted by molar-refractivity contribution is 0.274. The van der Waals surface area contributed by atoms with Crippen LogP contribution in [0.1, 0.15) is 11.1 Å². The monoisotopic (exact) mass is 312 g/mol. The Morgan fingerprint density at radius 3 is 2.43 bits per heavy atom. The molecular formula is C12H17N4O4P. The van der Waals surface area contributed by atoms with Gasteiger partial charge in [-0.05, 0) is 34.5 Å². The van der Waals surface area contributed by atoms with E-state index in [-0.39, 0.29) is 11.9 Å². The molecule has 0 unspecified atom stereocenters. The van der Waals surface area contributed by atoms with Gasteiger partial charge in [-0.15, -0.1) is 0 Å². The molecule has 1 aromatic heterocycles. The van der Waals surface area contributed by atoms with Gasteiger partial charge in [-0.3, -0.25) is 4.57 Å². The number of aryl methyl sites for hydroxylation is 2. The van der Waals surface area contributed by atoms with E-state index in [9.17, 15) is 9.36 Å². The van der Waals surface area contributed by atoms with Crippen molar-refractivity contribution in [2.45, 2.75) is 13.1 Å². The average Bonchev–Trinajstić information content (AvgIpc) is 2.81. The minimum Gasteiger partial charge on any atom is -0.312 e. The van der Waals surface area contributed by atoms with Gasteiger partial charge in [-0.25, -0.2) is 4.79 Å². The zero-order chi connectivity index (χ0) is 15.6. The summed E-state index contributed by atoms with van der Waals surface area (Å²) in [4.78, 5) is 12.0. The number of hydrogen-bond donors (Lipinski definition) is 0. The normalized spacial score (nSPS) is 11.8. The molecule has 8 nitrogen and oxygen atoms in total. The Balaban J connectivity index is 2.59. The predicted octanol–water partition coefficient (Wildman–Crippen LogP) is 1.26. The summed E-state index contributed by atoms with van der Waals surface area (Å²) in [6.45, 7) is 1.86. The van der Waals surface area contributed by atoms with Crippen LogP contribution < -0.4 is 5.69 Å². The Morgan fingerprint density at radius 1 is 1.24 bits per heavy atom. The molecule has 2 aromatic rings. The molecular weight excluding hydrogens is 295 g/mol. The van der Waals surface area contributed by atoms with Crippen molar-refractivity contribution in [3.63, 3.8) is 0 Å². The molecule has 0 spiro atoms. The molecule has 0 saturated heterocycles. The van der Waals surface area contributed by atoms with E-state index in [1.165, 1.54) is 21.3 Å². The molecule has 114 valence electrons. The first-order valence-electron chi connectivity index (χ1n) is 6.20. The third kappa shape index (κ3) is 2.97. The molecule has 0 N–H and O–H groups in total.